The number of anilines is 1. The molecule has 1 fully saturated rings. The Morgan fingerprint density at radius 3 is 2.86 bits per heavy atom. The molecule has 29 heavy (non-hydrogen) atoms. The van der Waals surface area contributed by atoms with Crippen LogP contribution in [-0.2, 0) is 14.3 Å². The molecule has 3 rings (SSSR count). The van der Waals surface area contributed by atoms with Crippen molar-refractivity contribution < 1.29 is 24.5 Å². The van der Waals surface area contributed by atoms with Gasteiger partial charge in [0.15, 0.2) is 6.23 Å². The molecule has 160 valence electrons. The van der Waals surface area contributed by atoms with Gasteiger partial charge in [0.2, 0.25) is 0 Å². The van der Waals surface area contributed by atoms with Crippen molar-refractivity contribution in [3.8, 4) is 0 Å². The van der Waals surface area contributed by atoms with Crippen LogP contribution >= 0.6 is 11.8 Å². The molecule has 2 aromatic heterocycles. The van der Waals surface area contributed by atoms with Crippen molar-refractivity contribution >= 4 is 34.6 Å². The number of hydrogen-bond donors (Lipinski definition) is 4. The van der Waals surface area contributed by atoms with E-state index in [4.69, 9.17) is 20.9 Å². The van der Waals surface area contributed by atoms with Crippen LogP contribution in [0.15, 0.2) is 18.6 Å². The fourth-order valence-electron chi connectivity index (χ4n) is 3.14. The highest BCUT2D eigenvalue weighted by atomic mass is 32.2. The van der Waals surface area contributed by atoms with Crippen molar-refractivity contribution in [2.75, 3.05) is 17.2 Å². The first kappa shape index (κ1) is 21.8. The first-order chi connectivity index (χ1) is 13.8. The van der Waals surface area contributed by atoms with Crippen molar-refractivity contribution in [3.05, 3.63) is 18.6 Å². The second-order valence-corrected chi connectivity index (χ2v) is 8.37. The number of carbonyl (C=O) groups excluding carboxylic acids is 1. The van der Waals surface area contributed by atoms with Crippen molar-refractivity contribution in [2.45, 2.75) is 57.0 Å². The van der Waals surface area contributed by atoms with Gasteiger partial charge >= 0.3 is 5.97 Å². The normalized spacial score (nSPS) is 25.6. The molecule has 0 aliphatic carbocycles. The van der Waals surface area contributed by atoms with E-state index in [1.165, 1.54) is 18.1 Å². The predicted molar refractivity (Wildman–Crippen MR) is 109 cm³/mol. The summed E-state index contributed by atoms with van der Waals surface area (Å²) in [6.45, 7) is 3.54. The molecule has 1 aliphatic heterocycles. The molecule has 2 aromatic rings. The molecule has 0 bridgehead atoms. The highest BCUT2D eigenvalue weighted by Gasteiger charge is 2.43. The third-order valence-electron chi connectivity index (χ3n) is 4.66. The van der Waals surface area contributed by atoms with Crippen LogP contribution in [0.5, 0.6) is 0 Å². The minimum absolute atomic E-state index is 0.202. The summed E-state index contributed by atoms with van der Waals surface area (Å²) in [7, 11) is 0. The summed E-state index contributed by atoms with van der Waals surface area (Å²) >= 11 is 1.49. The van der Waals surface area contributed by atoms with Gasteiger partial charge in [0.1, 0.15) is 36.0 Å². The quantitative estimate of drug-likeness (QED) is 0.336. The zero-order chi connectivity index (χ0) is 21.1. The van der Waals surface area contributed by atoms with Crippen LogP contribution in [0, 0.1) is 0 Å². The summed E-state index contributed by atoms with van der Waals surface area (Å²) in [5, 5.41) is 21.5. The molecule has 0 saturated carbocycles. The molecule has 6 N–H and O–H groups in total. The van der Waals surface area contributed by atoms with Crippen LogP contribution in [-0.4, -0.2) is 72.7 Å². The second-order valence-electron chi connectivity index (χ2n) is 7.22. The van der Waals surface area contributed by atoms with Gasteiger partial charge in [0, 0.05) is 11.9 Å². The first-order valence-electron chi connectivity index (χ1n) is 9.42. The minimum Gasteiger partial charge on any atom is -0.462 e. The number of hydrogen-bond acceptors (Lipinski definition) is 10. The van der Waals surface area contributed by atoms with Gasteiger partial charge < -0.3 is 35.7 Å². The molecule has 1 saturated heterocycles. The average Bonchev–Trinajstić information content (AvgIpc) is 3.21. The maximum absolute atomic E-state index is 11.7. The standard InChI is InChI=1S/C18H27N5O5S/c1-9(2)27-18(26)11(19)4-6-29-7-12-13(24)14(25)17(28-12)23-5-3-10-15(20)21-8-22-16(10)23/h3,5,8-9,11-14,17,24-25H,4,6-7,19H2,1-2H3,(H2,20,21,22)/t11?,12-,13-,14-,17-/m1/s1. The van der Waals surface area contributed by atoms with Crippen molar-refractivity contribution in [1.82, 2.24) is 14.5 Å². The van der Waals surface area contributed by atoms with E-state index in [9.17, 15) is 15.0 Å². The van der Waals surface area contributed by atoms with E-state index in [1.54, 1.807) is 30.7 Å². The summed E-state index contributed by atoms with van der Waals surface area (Å²) in [6, 6.07) is 1.06. The van der Waals surface area contributed by atoms with Crippen LogP contribution in [0.4, 0.5) is 5.82 Å². The van der Waals surface area contributed by atoms with Gasteiger partial charge in [-0.05, 0) is 32.1 Å². The SMILES string of the molecule is CC(C)OC(=O)C(N)CCSC[C@H]1O[C@@H](n2ccc3c(N)ncnc32)[C@H](O)[C@@H]1O. The Balaban J connectivity index is 1.55. The van der Waals surface area contributed by atoms with Gasteiger partial charge in [-0.2, -0.15) is 11.8 Å². The van der Waals surface area contributed by atoms with Gasteiger partial charge in [-0.3, -0.25) is 4.79 Å². The lowest BCUT2D eigenvalue weighted by atomic mass is 10.1. The monoisotopic (exact) mass is 425 g/mol. The number of nitrogens with two attached hydrogens (primary N) is 2. The van der Waals surface area contributed by atoms with Gasteiger partial charge in [-0.15, -0.1) is 0 Å². The number of rotatable bonds is 8. The Morgan fingerprint density at radius 1 is 1.38 bits per heavy atom. The minimum atomic E-state index is -1.12. The largest absolute Gasteiger partial charge is 0.462 e. The number of nitrogen functional groups attached to an aromatic ring is 1. The Hall–Kier alpha value is -1.92. The maximum atomic E-state index is 11.7. The van der Waals surface area contributed by atoms with Gasteiger partial charge in [0.25, 0.3) is 0 Å². The predicted octanol–water partition coefficient (Wildman–Crippen LogP) is 0.0349. The van der Waals surface area contributed by atoms with Gasteiger partial charge in [-0.1, -0.05) is 0 Å². The molecule has 1 aliphatic rings. The molecule has 1 unspecified atom stereocenters. The molecule has 0 amide bonds. The number of aliphatic hydroxyl groups excluding tert-OH is 2. The molecule has 0 radical (unpaired) electrons. The van der Waals surface area contributed by atoms with Crippen LogP contribution in [0.25, 0.3) is 11.0 Å². The van der Waals surface area contributed by atoms with E-state index < -0.39 is 36.6 Å². The molecule has 3 heterocycles. The Morgan fingerprint density at radius 2 is 2.14 bits per heavy atom. The van der Waals surface area contributed by atoms with E-state index in [0.717, 1.165) is 0 Å². The van der Waals surface area contributed by atoms with E-state index in [1.807, 2.05) is 0 Å². The number of ether oxygens (including phenoxy) is 2. The third-order valence-corrected chi connectivity index (χ3v) is 5.75. The summed E-state index contributed by atoms with van der Waals surface area (Å²) in [5.41, 5.74) is 12.2. The number of nitrogens with zero attached hydrogens (tertiary/aromatic N) is 3. The topological polar surface area (TPSA) is 159 Å². The molecular formula is C18H27N5O5S. The zero-order valence-corrected chi connectivity index (χ0v) is 17.2. The summed E-state index contributed by atoms with van der Waals surface area (Å²) in [6.07, 6.45) is -0.242. The number of aromatic nitrogens is 3. The molecule has 5 atom stereocenters. The van der Waals surface area contributed by atoms with Crippen molar-refractivity contribution in [3.63, 3.8) is 0 Å². The lowest BCUT2D eigenvalue weighted by molar-refractivity contribution is -0.149. The highest BCUT2D eigenvalue weighted by Crippen LogP contribution is 2.34. The lowest BCUT2D eigenvalue weighted by Gasteiger charge is -2.17. The molecule has 0 aromatic carbocycles. The van der Waals surface area contributed by atoms with Crippen molar-refractivity contribution in [2.24, 2.45) is 5.73 Å². The zero-order valence-electron chi connectivity index (χ0n) is 16.3. The maximum Gasteiger partial charge on any atom is 0.323 e. The van der Waals surface area contributed by atoms with E-state index in [0.29, 0.717) is 34.8 Å². The van der Waals surface area contributed by atoms with Crippen molar-refractivity contribution in [1.29, 1.82) is 0 Å². The Labute approximate surface area is 172 Å². The summed E-state index contributed by atoms with van der Waals surface area (Å²) < 4.78 is 12.6. The van der Waals surface area contributed by atoms with Crippen LogP contribution in [0.3, 0.4) is 0 Å². The molecule has 10 nitrogen and oxygen atoms in total. The average molecular weight is 426 g/mol. The van der Waals surface area contributed by atoms with E-state index in [-0.39, 0.29) is 6.10 Å². The van der Waals surface area contributed by atoms with E-state index in [2.05, 4.69) is 9.97 Å². The van der Waals surface area contributed by atoms with Gasteiger partial charge in [-0.25, -0.2) is 9.97 Å². The Bertz CT molecular complexity index is 847. The number of fused-ring (bicyclic) bond motifs is 1. The first-order valence-corrected chi connectivity index (χ1v) is 10.6. The van der Waals surface area contributed by atoms with Crippen LogP contribution < -0.4 is 11.5 Å². The van der Waals surface area contributed by atoms with E-state index >= 15 is 0 Å². The fraction of sp³-hybridized carbons (Fsp3) is 0.611. The second kappa shape index (κ2) is 9.26. The lowest BCUT2D eigenvalue weighted by Crippen LogP contribution is -2.35. The number of esters is 1. The summed E-state index contributed by atoms with van der Waals surface area (Å²) in [5.74, 6) is 0.949. The third kappa shape index (κ3) is 4.81. The highest BCUT2D eigenvalue weighted by molar-refractivity contribution is 7.99. The Kier molecular flexibility index (Phi) is 6.96. The smallest absolute Gasteiger partial charge is 0.323 e. The molecule has 0 spiro atoms. The van der Waals surface area contributed by atoms with Crippen LogP contribution in [0.1, 0.15) is 26.5 Å². The number of thioether (sulfide) groups is 1. The van der Waals surface area contributed by atoms with Gasteiger partial charge in [0.05, 0.1) is 17.6 Å². The number of aliphatic hydroxyl groups is 2. The molecular weight excluding hydrogens is 398 g/mol. The summed E-state index contributed by atoms with van der Waals surface area (Å²) in [4.78, 5) is 19.9. The van der Waals surface area contributed by atoms with Crippen LogP contribution in [0.2, 0.25) is 0 Å². The fourth-order valence-corrected chi connectivity index (χ4v) is 4.24. The molecule has 11 heteroatoms. The number of carbonyl (C=O) groups is 1.